The van der Waals surface area contributed by atoms with Crippen molar-refractivity contribution in [3.8, 4) is 33.4 Å². The Kier molecular flexibility index (Phi) is 13.1. The minimum Gasteiger partial charge on any atom is -0.459 e. The Morgan fingerprint density at radius 3 is 1.41 bits per heavy atom. The van der Waals surface area contributed by atoms with Crippen LogP contribution in [0.5, 0.6) is 0 Å². The number of rotatable bonds is 12. The fraction of sp³-hybridized carbons (Fsp3) is 0.0820. The summed E-state index contributed by atoms with van der Waals surface area (Å²) in [6.07, 6.45) is 0.0177. The quantitative estimate of drug-likeness (QED) is 0.0412. The third-order valence-corrected chi connectivity index (χ3v) is 14.2. The number of benzene rings is 6. The van der Waals surface area contributed by atoms with Crippen molar-refractivity contribution < 1.29 is 33.4 Å². The van der Waals surface area contributed by atoms with Crippen molar-refractivity contribution in [2.75, 3.05) is 29.2 Å². The molecular weight excluding hydrogens is 1050 g/mol. The SMILES string of the molecule is CCOC(=O)C(=O)Nc1c(-c2ccccc2)c2[nH]c3cc(CC(=O)Nc4c(-c5ccccc5)c5[nH]c6ccc(CCOC(=O)C(=O)Nc7c(-c8ccccc8)c8[nH]c9ccc(Cl)cc9c8[nH]c7=O)cc6c5[nH]c4=O)ccc3c2[nH]c1=O. The summed E-state index contributed by atoms with van der Waals surface area (Å²) in [6.45, 7) is 1.32. The van der Waals surface area contributed by atoms with Gasteiger partial charge in [0.25, 0.3) is 16.7 Å². The maximum Gasteiger partial charge on any atom is 0.397 e. The average Bonchev–Trinajstić information content (AvgIpc) is 4.36. The lowest BCUT2D eigenvalue weighted by Crippen LogP contribution is -2.29. The highest BCUT2D eigenvalue weighted by atomic mass is 35.5. The highest BCUT2D eigenvalue weighted by Crippen LogP contribution is 2.39. The molecule has 0 radical (unpaired) electrons. The van der Waals surface area contributed by atoms with Crippen LogP contribution in [0.15, 0.2) is 160 Å². The predicted octanol–water partition coefficient (Wildman–Crippen LogP) is 9.72. The molecule has 400 valence electrons. The summed E-state index contributed by atoms with van der Waals surface area (Å²) in [5, 5.41) is 10.2. The minimum atomic E-state index is -1.21. The number of carbonyl (C=O) groups excluding carboxylic acids is 5. The van der Waals surface area contributed by atoms with Gasteiger partial charge in [0.15, 0.2) is 0 Å². The largest absolute Gasteiger partial charge is 0.459 e. The molecule has 6 aromatic heterocycles. The van der Waals surface area contributed by atoms with E-state index in [4.69, 9.17) is 21.1 Å². The van der Waals surface area contributed by atoms with Gasteiger partial charge >= 0.3 is 23.8 Å². The lowest BCUT2D eigenvalue weighted by molar-refractivity contribution is -0.152. The van der Waals surface area contributed by atoms with E-state index in [-0.39, 0.29) is 43.1 Å². The molecule has 0 atom stereocenters. The number of H-pyrrole nitrogens is 6. The predicted molar refractivity (Wildman–Crippen MR) is 311 cm³/mol. The number of halogens is 1. The summed E-state index contributed by atoms with van der Waals surface area (Å²) in [7, 11) is 0. The van der Waals surface area contributed by atoms with E-state index in [9.17, 15) is 38.4 Å². The maximum absolute atomic E-state index is 14.2. The molecular formula is C61H44ClN9O10. The zero-order valence-electron chi connectivity index (χ0n) is 42.6. The van der Waals surface area contributed by atoms with Gasteiger partial charge in [-0.2, -0.15) is 0 Å². The van der Waals surface area contributed by atoms with Crippen LogP contribution in [0.2, 0.25) is 5.02 Å². The fourth-order valence-corrected chi connectivity index (χ4v) is 10.5. The molecule has 0 unspecified atom stereocenters. The van der Waals surface area contributed by atoms with Gasteiger partial charge < -0.3 is 55.3 Å². The zero-order chi connectivity index (χ0) is 56.1. The first kappa shape index (κ1) is 51.0. The number of aromatic nitrogens is 6. The second-order valence-electron chi connectivity index (χ2n) is 19.0. The van der Waals surface area contributed by atoms with Crippen LogP contribution in [0.3, 0.4) is 0 Å². The van der Waals surface area contributed by atoms with E-state index in [1.54, 1.807) is 97.9 Å². The standard InChI is InChI=1S/C61H44ClN9O10/c1-2-80-60(78)58(76)70-53-44(33-14-8-4-9-15-33)49-46(67-56(53)74)36-21-18-31(27-41(36)65-49)28-42(72)66-52-43(32-12-6-3-7-13-32)50-47(68-55(52)73)37-26-30(19-22-39(37)63-50)24-25-81-61(79)59(77)71-54-45(34-16-10-5-11-17-34)51-48(69-57(54)75)38-29-35(62)20-23-40(38)64-51/h3-23,26-27,29,63-65H,2,24-25,28H2,1H3,(H,66,72)(H,67,74)(H,68,73)(H,69,75)(H,70,76)(H,71,77). The number of esters is 2. The zero-order valence-corrected chi connectivity index (χ0v) is 43.4. The van der Waals surface area contributed by atoms with Crippen molar-refractivity contribution in [3.63, 3.8) is 0 Å². The van der Waals surface area contributed by atoms with E-state index in [0.717, 1.165) is 0 Å². The number of amides is 3. The molecule has 9 N–H and O–H groups in total. The molecule has 0 aliphatic rings. The highest BCUT2D eigenvalue weighted by Gasteiger charge is 2.27. The summed E-state index contributed by atoms with van der Waals surface area (Å²) in [6, 6.07) is 42.9. The number of hydrogen-bond donors (Lipinski definition) is 9. The Morgan fingerprint density at radius 2 is 0.889 bits per heavy atom. The number of nitrogens with one attached hydrogen (secondary N) is 9. The molecule has 19 nitrogen and oxygen atoms in total. The summed E-state index contributed by atoms with van der Waals surface area (Å²) in [4.78, 5) is 126. The molecule has 0 bridgehead atoms. The Balaban J connectivity index is 0.790. The van der Waals surface area contributed by atoms with Gasteiger partial charge in [-0.25, -0.2) is 9.59 Å². The third kappa shape index (κ3) is 9.52. The summed E-state index contributed by atoms with van der Waals surface area (Å²) < 4.78 is 10.3. The number of ether oxygens (including phenoxy) is 2. The molecule has 20 heteroatoms. The molecule has 0 aliphatic heterocycles. The van der Waals surface area contributed by atoms with Gasteiger partial charge in [-0.15, -0.1) is 0 Å². The molecule has 0 saturated heterocycles. The Labute approximate surface area is 460 Å². The molecule has 3 amide bonds. The van der Waals surface area contributed by atoms with Crippen molar-refractivity contribution in [2.24, 2.45) is 0 Å². The van der Waals surface area contributed by atoms with E-state index >= 15 is 0 Å². The number of carbonyl (C=O) groups is 5. The lowest BCUT2D eigenvalue weighted by Gasteiger charge is -2.12. The molecule has 0 fully saturated rings. The van der Waals surface area contributed by atoms with E-state index < -0.39 is 46.3 Å². The number of pyridine rings is 3. The van der Waals surface area contributed by atoms with Gasteiger partial charge in [-0.3, -0.25) is 28.8 Å². The maximum atomic E-state index is 14.2. The number of anilines is 3. The van der Waals surface area contributed by atoms with Gasteiger partial charge in [-0.1, -0.05) is 121 Å². The normalized spacial score (nSPS) is 11.4. The van der Waals surface area contributed by atoms with Crippen LogP contribution in [-0.2, 0) is 46.3 Å². The monoisotopic (exact) mass is 1100 g/mol. The molecule has 0 saturated carbocycles. The Bertz CT molecular complexity index is 4770. The van der Waals surface area contributed by atoms with Crippen LogP contribution in [0, 0.1) is 0 Å². The minimum absolute atomic E-state index is 0.00821. The first-order valence-electron chi connectivity index (χ1n) is 25.5. The van der Waals surface area contributed by atoms with Crippen molar-refractivity contribution in [1.29, 1.82) is 0 Å². The summed E-state index contributed by atoms with van der Waals surface area (Å²) >= 11 is 6.30. The molecule has 12 rings (SSSR count). The molecule has 0 spiro atoms. The molecule has 81 heavy (non-hydrogen) atoms. The summed E-state index contributed by atoms with van der Waals surface area (Å²) in [5.74, 6) is -5.11. The first-order valence-corrected chi connectivity index (χ1v) is 25.9. The highest BCUT2D eigenvalue weighted by molar-refractivity contribution is 6.38. The first-order chi connectivity index (χ1) is 39.3. The Morgan fingerprint density at radius 1 is 0.444 bits per heavy atom. The lowest BCUT2D eigenvalue weighted by atomic mass is 10.0. The van der Waals surface area contributed by atoms with Crippen molar-refractivity contribution in [3.05, 3.63) is 193 Å². The van der Waals surface area contributed by atoms with Gasteiger partial charge in [-0.05, 0) is 71.1 Å². The van der Waals surface area contributed by atoms with Crippen LogP contribution in [0.25, 0.3) is 99.2 Å². The topological polar surface area (TPSA) is 286 Å². The van der Waals surface area contributed by atoms with Gasteiger partial charge in [0.2, 0.25) is 5.91 Å². The van der Waals surface area contributed by atoms with Crippen LogP contribution < -0.4 is 32.6 Å². The molecule has 6 aromatic carbocycles. The third-order valence-electron chi connectivity index (χ3n) is 13.9. The van der Waals surface area contributed by atoms with E-state index in [1.165, 1.54) is 0 Å². The second-order valence-corrected chi connectivity index (χ2v) is 19.5. The summed E-state index contributed by atoms with van der Waals surface area (Å²) in [5.41, 5.74) is 6.90. The fourth-order valence-electron chi connectivity index (χ4n) is 10.4. The van der Waals surface area contributed by atoms with Crippen LogP contribution in [0.1, 0.15) is 18.1 Å². The van der Waals surface area contributed by atoms with Gasteiger partial charge in [0.05, 0.1) is 52.7 Å². The second kappa shape index (κ2) is 20.9. The van der Waals surface area contributed by atoms with E-state index in [2.05, 4.69) is 45.9 Å². The molecule has 6 heterocycles. The van der Waals surface area contributed by atoms with Crippen LogP contribution in [-0.4, -0.2) is 72.8 Å². The van der Waals surface area contributed by atoms with Crippen molar-refractivity contribution in [1.82, 2.24) is 29.9 Å². The smallest absolute Gasteiger partial charge is 0.397 e. The number of fused-ring (bicyclic) bond motifs is 9. The van der Waals surface area contributed by atoms with E-state index in [1.807, 2.05) is 54.6 Å². The number of hydrogen-bond acceptors (Lipinski definition) is 10. The molecule has 12 aromatic rings. The van der Waals surface area contributed by atoms with Crippen LogP contribution in [0.4, 0.5) is 17.1 Å². The average molecular weight is 1100 g/mol. The Hall–Kier alpha value is -10.8. The van der Waals surface area contributed by atoms with Gasteiger partial charge in [0.1, 0.15) is 17.1 Å². The van der Waals surface area contributed by atoms with E-state index in [0.29, 0.717) is 115 Å². The van der Waals surface area contributed by atoms with Gasteiger partial charge in [0, 0.05) is 60.8 Å². The van der Waals surface area contributed by atoms with Crippen molar-refractivity contribution in [2.45, 2.75) is 19.8 Å². The van der Waals surface area contributed by atoms with Crippen molar-refractivity contribution >= 4 is 124 Å². The van der Waals surface area contributed by atoms with Crippen LogP contribution >= 0.6 is 11.6 Å². The molecule has 0 aliphatic carbocycles. The number of aromatic amines is 6.